The molecule has 0 saturated heterocycles. The lowest BCUT2D eigenvalue weighted by Crippen LogP contribution is -2.43. The third-order valence-electron chi connectivity index (χ3n) is 3.81. The number of carbonyl (C=O) groups excluding carboxylic acids is 2. The zero-order chi connectivity index (χ0) is 11.9. The highest BCUT2D eigenvalue weighted by atomic mass is 16.2. The molecular weight excluding hydrogens is 202 g/mol. The summed E-state index contributed by atoms with van der Waals surface area (Å²) in [6, 6.07) is 0.127. The van der Waals surface area contributed by atoms with Crippen molar-refractivity contribution in [2.45, 2.75) is 52.5 Å². The molecule has 1 fully saturated rings. The third-order valence-corrected chi connectivity index (χ3v) is 3.81. The molecule has 1 aliphatic heterocycles. The SMILES string of the molecule is CC1=CC(=O)N(C2CCC(C)(C)CC2)C1=O. The Morgan fingerprint density at radius 1 is 1.25 bits per heavy atom. The van der Waals surface area contributed by atoms with Gasteiger partial charge in [0.25, 0.3) is 11.8 Å². The lowest BCUT2D eigenvalue weighted by atomic mass is 9.75. The Morgan fingerprint density at radius 2 is 1.81 bits per heavy atom. The topological polar surface area (TPSA) is 37.4 Å². The van der Waals surface area contributed by atoms with E-state index in [1.807, 2.05) is 0 Å². The van der Waals surface area contributed by atoms with E-state index in [9.17, 15) is 9.59 Å². The molecule has 0 aromatic carbocycles. The van der Waals surface area contributed by atoms with Gasteiger partial charge < -0.3 is 0 Å². The maximum absolute atomic E-state index is 11.8. The highest BCUT2D eigenvalue weighted by molar-refractivity contribution is 6.16. The van der Waals surface area contributed by atoms with Crippen LogP contribution >= 0.6 is 0 Å². The van der Waals surface area contributed by atoms with Crippen molar-refractivity contribution in [2.75, 3.05) is 0 Å². The van der Waals surface area contributed by atoms with E-state index in [2.05, 4.69) is 13.8 Å². The third kappa shape index (κ3) is 1.91. The van der Waals surface area contributed by atoms with Crippen LogP contribution in [0.2, 0.25) is 0 Å². The first-order valence-corrected chi connectivity index (χ1v) is 5.96. The molecule has 0 radical (unpaired) electrons. The highest BCUT2D eigenvalue weighted by Crippen LogP contribution is 2.37. The molecule has 0 atom stereocenters. The van der Waals surface area contributed by atoms with Crippen LogP contribution in [0.3, 0.4) is 0 Å². The zero-order valence-electron chi connectivity index (χ0n) is 10.2. The Bertz CT molecular complexity index is 358. The predicted octanol–water partition coefficient (Wildman–Crippen LogP) is 2.27. The quantitative estimate of drug-likeness (QED) is 0.637. The summed E-state index contributed by atoms with van der Waals surface area (Å²) in [4.78, 5) is 25.0. The van der Waals surface area contributed by atoms with Crippen molar-refractivity contribution >= 4 is 11.8 Å². The summed E-state index contributed by atoms with van der Waals surface area (Å²) in [5.74, 6) is -0.207. The maximum Gasteiger partial charge on any atom is 0.256 e. The second-order valence-corrected chi connectivity index (χ2v) is 5.74. The van der Waals surface area contributed by atoms with Crippen LogP contribution in [0.25, 0.3) is 0 Å². The standard InChI is InChI=1S/C13H19NO2/c1-9-8-11(15)14(12(9)16)10-4-6-13(2,3)7-5-10/h8,10H,4-7H2,1-3H3. The summed E-state index contributed by atoms with van der Waals surface area (Å²) in [5, 5.41) is 0. The lowest BCUT2D eigenvalue weighted by molar-refractivity contribution is -0.141. The molecular formula is C13H19NO2. The van der Waals surface area contributed by atoms with Crippen LogP contribution in [0.15, 0.2) is 11.6 Å². The summed E-state index contributed by atoms with van der Waals surface area (Å²) in [5.41, 5.74) is 0.944. The second kappa shape index (κ2) is 3.72. The number of hydrogen-bond donors (Lipinski definition) is 0. The van der Waals surface area contributed by atoms with E-state index in [4.69, 9.17) is 0 Å². The average Bonchev–Trinajstić information content (AvgIpc) is 2.43. The van der Waals surface area contributed by atoms with Gasteiger partial charge in [0.05, 0.1) is 0 Å². The zero-order valence-corrected chi connectivity index (χ0v) is 10.2. The molecule has 0 bridgehead atoms. The average molecular weight is 221 g/mol. The van der Waals surface area contributed by atoms with E-state index >= 15 is 0 Å². The molecule has 2 aliphatic rings. The molecule has 2 amide bonds. The van der Waals surface area contributed by atoms with Gasteiger partial charge in [0.1, 0.15) is 0 Å². The minimum absolute atomic E-state index is 0.0882. The molecule has 3 heteroatoms. The van der Waals surface area contributed by atoms with Crippen molar-refractivity contribution in [1.29, 1.82) is 0 Å². The van der Waals surface area contributed by atoms with Gasteiger partial charge >= 0.3 is 0 Å². The van der Waals surface area contributed by atoms with E-state index in [1.54, 1.807) is 6.92 Å². The predicted molar refractivity (Wildman–Crippen MR) is 61.6 cm³/mol. The fraction of sp³-hybridized carbons (Fsp3) is 0.692. The molecule has 3 nitrogen and oxygen atoms in total. The van der Waals surface area contributed by atoms with Crippen LogP contribution < -0.4 is 0 Å². The van der Waals surface area contributed by atoms with E-state index in [0.717, 1.165) is 25.7 Å². The molecule has 0 unspecified atom stereocenters. The maximum atomic E-state index is 11.8. The first-order chi connectivity index (χ1) is 7.41. The number of amides is 2. The molecule has 1 saturated carbocycles. The highest BCUT2D eigenvalue weighted by Gasteiger charge is 2.38. The summed E-state index contributed by atoms with van der Waals surface area (Å²) in [6.07, 6.45) is 5.54. The summed E-state index contributed by atoms with van der Waals surface area (Å²) >= 11 is 0. The Morgan fingerprint density at radius 3 is 2.25 bits per heavy atom. The molecule has 0 N–H and O–H groups in total. The number of imide groups is 1. The molecule has 1 heterocycles. The fourth-order valence-electron chi connectivity index (χ4n) is 2.59. The first-order valence-electron chi connectivity index (χ1n) is 5.96. The largest absolute Gasteiger partial charge is 0.272 e. The summed E-state index contributed by atoms with van der Waals surface area (Å²) in [7, 11) is 0. The fourth-order valence-corrected chi connectivity index (χ4v) is 2.59. The van der Waals surface area contributed by atoms with Gasteiger partial charge in [0, 0.05) is 17.7 Å². The van der Waals surface area contributed by atoms with Gasteiger partial charge in [-0.15, -0.1) is 0 Å². The molecule has 0 aromatic rings. The molecule has 0 aromatic heterocycles. The molecule has 2 rings (SSSR count). The summed E-state index contributed by atoms with van der Waals surface area (Å²) in [6.45, 7) is 6.22. The molecule has 1 aliphatic carbocycles. The minimum Gasteiger partial charge on any atom is -0.272 e. The van der Waals surface area contributed by atoms with E-state index in [-0.39, 0.29) is 17.9 Å². The van der Waals surface area contributed by atoms with Crippen LogP contribution in [0.4, 0.5) is 0 Å². The number of carbonyl (C=O) groups is 2. The van der Waals surface area contributed by atoms with Crippen LogP contribution in [-0.4, -0.2) is 22.8 Å². The van der Waals surface area contributed by atoms with Crippen molar-refractivity contribution in [1.82, 2.24) is 4.90 Å². The second-order valence-electron chi connectivity index (χ2n) is 5.74. The Hall–Kier alpha value is -1.12. The van der Waals surface area contributed by atoms with Gasteiger partial charge in [-0.2, -0.15) is 0 Å². The van der Waals surface area contributed by atoms with Crippen molar-refractivity contribution in [2.24, 2.45) is 5.41 Å². The summed E-state index contributed by atoms with van der Waals surface area (Å²) < 4.78 is 0. The lowest BCUT2D eigenvalue weighted by Gasteiger charge is -2.37. The van der Waals surface area contributed by atoms with Gasteiger partial charge in [-0.1, -0.05) is 13.8 Å². The van der Waals surface area contributed by atoms with Crippen LogP contribution in [-0.2, 0) is 9.59 Å². The smallest absolute Gasteiger partial charge is 0.256 e. The molecule has 16 heavy (non-hydrogen) atoms. The molecule has 88 valence electrons. The Labute approximate surface area is 96.5 Å². The Kier molecular flexibility index (Phi) is 2.64. The monoisotopic (exact) mass is 221 g/mol. The van der Waals surface area contributed by atoms with Crippen molar-refractivity contribution in [3.05, 3.63) is 11.6 Å². The van der Waals surface area contributed by atoms with Crippen molar-refractivity contribution < 1.29 is 9.59 Å². The van der Waals surface area contributed by atoms with Gasteiger partial charge in [0.2, 0.25) is 0 Å². The van der Waals surface area contributed by atoms with E-state index in [0.29, 0.717) is 11.0 Å². The Balaban J connectivity index is 2.06. The van der Waals surface area contributed by atoms with Crippen LogP contribution in [0.5, 0.6) is 0 Å². The van der Waals surface area contributed by atoms with Crippen LogP contribution in [0, 0.1) is 5.41 Å². The normalized spacial score (nSPS) is 26.2. The van der Waals surface area contributed by atoms with Crippen molar-refractivity contribution in [3.63, 3.8) is 0 Å². The number of nitrogens with zero attached hydrogens (tertiary/aromatic N) is 1. The first kappa shape index (κ1) is 11.4. The van der Waals surface area contributed by atoms with Crippen LogP contribution in [0.1, 0.15) is 46.5 Å². The van der Waals surface area contributed by atoms with Gasteiger partial charge in [-0.05, 0) is 38.0 Å². The van der Waals surface area contributed by atoms with Gasteiger partial charge in [0.15, 0.2) is 0 Å². The van der Waals surface area contributed by atoms with E-state index < -0.39 is 0 Å². The number of hydrogen-bond acceptors (Lipinski definition) is 2. The van der Waals surface area contributed by atoms with Gasteiger partial charge in [-0.25, -0.2) is 0 Å². The van der Waals surface area contributed by atoms with E-state index in [1.165, 1.54) is 11.0 Å². The van der Waals surface area contributed by atoms with Crippen molar-refractivity contribution in [3.8, 4) is 0 Å². The minimum atomic E-state index is -0.118. The van der Waals surface area contributed by atoms with Gasteiger partial charge in [-0.3, -0.25) is 14.5 Å². The molecule has 0 spiro atoms. The number of rotatable bonds is 1.